The maximum absolute atomic E-state index is 14.4. The van der Waals surface area contributed by atoms with Gasteiger partial charge in [0.15, 0.2) is 0 Å². The second-order valence-corrected chi connectivity index (χ2v) is 9.80. The molecule has 0 bridgehead atoms. The van der Waals surface area contributed by atoms with Crippen molar-refractivity contribution < 1.29 is 35.5 Å². The lowest BCUT2D eigenvalue weighted by Gasteiger charge is -2.31. The molecule has 0 radical (unpaired) electrons. The molecule has 2 N–H and O–H groups in total. The van der Waals surface area contributed by atoms with E-state index in [9.17, 15) is 35.5 Å². The van der Waals surface area contributed by atoms with Gasteiger partial charge in [0.25, 0.3) is 5.91 Å². The van der Waals surface area contributed by atoms with E-state index in [1.54, 1.807) is 18.2 Å². The third-order valence-corrected chi connectivity index (χ3v) is 5.57. The van der Waals surface area contributed by atoms with Gasteiger partial charge in [-0.15, -0.1) is 0 Å². The van der Waals surface area contributed by atoms with Gasteiger partial charge in [-0.25, -0.2) is 4.39 Å². The largest absolute Gasteiger partial charge is 0.435 e. The van der Waals surface area contributed by atoms with Crippen LogP contribution in [0.1, 0.15) is 40.4 Å². The Morgan fingerprint density at radius 3 is 2.00 bits per heavy atom. The van der Waals surface area contributed by atoms with Crippen LogP contribution in [0.15, 0.2) is 36.4 Å². The third kappa shape index (κ3) is 6.10. The standard InChI is InChI=1S/C22H22F7IN2O/c1-12-9-16(20(23,21(24,25)26)22(27,28)29)10-13(2)18(12)32-19(33)15-5-4-6-17(11-15)31-8-7-14(3)30/h4-6,9-11,14,31H,7-8H2,1-3H3,(H,32,33). The van der Waals surface area contributed by atoms with Crippen molar-refractivity contribution in [2.24, 2.45) is 0 Å². The molecule has 0 aliphatic carbocycles. The lowest BCUT2D eigenvalue weighted by molar-refractivity contribution is -0.348. The maximum atomic E-state index is 14.4. The van der Waals surface area contributed by atoms with Crippen LogP contribution in [-0.4, -0.2) is 28.7 Å². The second kappa shape index (κ2) is 10.1. The monoisotopic (exact) mass is 590 g/mol. The van der Waals surface area contributed by atoms with Crippen molar-refractivity contribution in [2.75, 3.05) is 17.2 Å². The number of halogens is 8. The van der Waals surface area contributed by atoms with Crippen LogP contribution in [0.4, 0.5) is 42.1 Å². The van der Waals surface area contributed by atoms with Crippen LogP contribution in [0.25, 0.3) is 0 Å². The molecule has 2 aromatic carbocycles. The Kier molecular flexibility index (Phi) is 8.29. The van der Waals surface area contributed by atoms with E-state index < -0.39 is 29.5 Å². The zero-order valence-electron chi connectivity index (χ0n) is 17.9. The summed E-state index contributed by atoms with van der Waals surface area (Å²) < 4.78 is 93.3. The summed E-state index contributed by atoms with van der Waals surface area (Å²) in [5, 5.41) is 5.67. The summed E-state index contributed by atoms with van der Waals surface area (Å²) in [6.45, 7) is 5.13. The van der Waals surface area contributed by atoms with Gasteiger partial charge in [-0.3, -0.25) is 4.79 Å². The highest BCUT2D eigenvalue weighted by Crippen LogP contribution is 2.53. The molecule has 11 heteroatoms. The van der Waals surface area contributed by atoms with Gasteiger partial charge < -0.3 is 10.6 Å². The van der Waals surface area contributed by atoms with E-state index in [0.29, 0.717) is 28.3 Å². The summed E-state index contributed by atoms with van der Waals surface area (Å²) in [5.41, 5.74) is -6.48. The van der Waals surface area contributed by atoms with Crippen LogP contribution in [-0.2, 0) is 5.67 Å². The fraction of sp³-hybridized carbons (Fsp3) is 0.409. The van der Waals surface area contributed by atoms with Crippen molar-refractivity contribution >= 4 is 39.9 Å². The topological polar surface area (TPSA) is 41.1 Å². The Hall–Kier alpha value is -2.05. The van der Waals surface area contributed by atoms with Crippen molar-refractivity contribution in [3.8, 4) is 0 Å². The second-order valence-electron chi connectivity index (χ2n) is 7.67. The minimum Gasteiger partial charge on any atom is -0.385 e. The predicted octanol–water partition coefficient (Wildman–Crippen LogP) is 7.47. The van der Waals surface area contributed by atoms with Crippen LogP contribution >= 0.6 is 22.6 Å². The number of anilines is 2. The van der Waals surface area contributed by atoms with E-state index in [4.69, 9.17) is 0 Å². The van der Waals surface area contributed by atoms with Gasteiger partial charge in [-0.2, -0.15) is 26.3 Å². The summed E-state index contributed by atoms with van der Waals surface area (Å²) in [6.07, 6.45) is -11.5. The number of aryl methyl sites for hydroxylation is 2. The summed E-state index contributed by atoms with van der Waals surface area (Å²) in [6, 6.07) is 7.39. The Labute approximate surface area is 200 Å². The molecule has 2 rings (SSSR count). The molecule has 182 valence electrons. The molecular weight excluding hydrogens is 568 g/mol. The van der Waals surface area contributed by atoms with Gasteiger partial charge in [-0.05, 0) is 49.6 Å². The van der Waals surface area contributed by atoms with E-state index in [0.717, 1.165) is 6.42 Å². The number of amides is 1. The van der Waals surface area contributed by atoms with Gasteiger partial charge >= 0.3 is 18.0 Å². The number of rotatable bonds is 7. The van der Waals surface area contributed by atoms with E-state index >= 15 is 0 Å². The molecule has 0 fully saturated rings. The van der Waals surface area contributed by atoms with Crippen molar-refractivity contribution in [3.05, 3.63) is 58.7 Å². The Morgan fingerprint density at radius 1 is 0.970 bits per heavy atom. The number of alkyl halides is 8. The van der Waals surface area contributed by atoms with E-state index in [2.05, 4.69) is 40.1 Å². The van der Waals surface area contributed by atoms with Crippen molar-refractivity contribution in [3.63, 3.8) is 0 Å². The average molecular weight is 590 g/mol. The minimum atomic E-state index is -6.21. The molecule has 2 aromatic rings. The smallest absolute Gasteiger partial charge is 0.385 e. The summed E-state index contributed by atoms with van der Waals surface area (Å²) >= 11 is 2.28. The first-order chi connectivity index (χ1) is 15.1. The van der Waals surface area contributed by atoms with Gasteiger partial charge in [0.1, 0.15) is 0 Å². The molecule has 33 heavy (non-hydrogen) atoms. The highest BCUT2D eigenvalue weighted by Gasteiger charge is 2.73. The zero-order valence-corrected chi connectivity index (χ0v) is 20.0. The first-order valence-electron chi connectivity index (χ1n) is 9.81. The lowest BCUT2D eigenvalue weighted by Crippen LogP contribution is -2.50. The van der Waals surface area contributed by atoms with Gasteiger partial charge in [0.05, 0.1) is 0 Å². The average Bonchev–Trinajstić information content (AvgIpc) is 2.68. The predicted molar refractivity (Wildman–Crippen MR) is 122 cm³/mol. The number of benzene rings is 2. The molecule has 0 aliphatic rings. The highest BCUT2D eigenvalue weighted by atomic mass is 127. The van der Waals surface area contributed by atoms with Crippen molar-refractivity contribution in [1.29, 1.82) is 0 Å². The van der Waals surface area contributed by atoms with Crippen molar-refractivity contribution in [2.45, 2.75) is 49.1 Å². The number of hydrogen-bond donors (Lipinski definition) is 2. The number of hydrogen-bond acceptors (Lipinski definition) is 2. The lowest BCUT2D eigenvalue weighted by atomic mass is 9.90. The van der Waals surface area contributed by atoms with Gasteiger partial charge in [0, 0.05) is 33.0 Å². The van der Waals surface area contributed by atoms with Crippen LogP contribution in [0, 0.1) is 13.8 Å². The zero-order chi connectivity index (χ0) is 25.2. The molecule has 0 saturated heterocycles. The summed E-state index contributed by atoms with van der Waals surface area (Å²) in [4.78, 5) is 12.7. The molecule has 0 spiro atoms. The molecule has 0 saturated carbocycles. The maximum Gasteiger partial charge on any atom is 0.435 e. The normalized spacial score (nSPS) is 13.5. The molecule has 0 aromatic heterocycles. The number of carbonyl (C=O) groups excluding carboxylic acids is 1. The first-order valence-corrected chi connectivity index (χ1v) is 11.1. The quantitative estimate of drug-likeness (QED) is 0.200. The fourth-order valence-corrected chi connectivity index (χ4v) is 3.53. The number of carbonyl (C=O) groups is 1. The highest BCUT2D eigenvalue weighted by molar-refractivity contribution is 14.1. The Balaban J connectivity index is 2.32. The number of nitrogens with one attached hydrogen (secondary N) is 2. The summed E-state index contributed by atoms with van der Waals surface area (Å²) in [5.74, 6) is -0.613. The summed E-state index contributed by atoms with van der Waals surface area (Å²) in [7, 11) is 0. The van der Waals surface area contributed by atoms with E-state index in [1.807, 2.05) is 0 Å². The molecule has 0 heterocycles. The fourth-order valence-electron chi connectivity index (χ4n) is 3.22. The van der Waals surface area contributed by atoms with Crippen LogP contribution < -0.4 is 10.6 Å². The third-order valence-electron chi connectivity index (χ3n) is 4.95. The molecule has 0 aliphatic heterocycles. The van der Waals surface area contributed by atoms with Crippen LogP contribution in [0.5, 0.6) is 0 Å². The van der Waals surface area contributed by atoms with Crippen LogP contribution in [0.3, 0.4) is 0 Å². The first kappa shape index (κ1) is 27.2. The molecule has 3 nitrogen and oxygen atoms in total. The minimum absolute atomic E-state index is 0.00699. The van der Waals surface area contributed by atoms with E-state index in [-0.39, 0.29) is 22.4 Å². The van der Waals surface area contributed by atoms with Crippen LogP contribution in [0.2, 0.25) is 0 Å². The Bertz CT molecular complexity index is 966. The molecular formula is C22H22F7IN2O. The van der Waals surface area contributed by atoms with Gasteiger partial charge in [-0.1, -0.05) is 47.7 Å². The molecule has 1 unspecified atom stereocenters. The molecule has 1 atom stereocenters. The van der Waals surface area contributed by atoms with Gasteiger partial charge in [0.2, 0.25) is 0 Å². The molecule has 1 amide bonds. The van der Waals surface area contributed by atoms with Crippen molar-refractivity contribution in [1.82, 2.24) is 0 Å². The Morgan fingerprint density at radius 2 is 1.52 bits per heavy atom. The van der Waals surface area contributed by atoms with E-state index in [1.165, 1.54) is 19.9 Å². The SMILES string of the molecule is Cc1cc(C(F)(C(F)(F)F)C(F)(F)F)cc(C)c1NC(=O)c1cccc(NCCC(C)I)c1.